The number of hydrogen-bond donors (Lipinski definition) is 0. The molecule has 0 bridgehead atoms. The molecule has 27 heavy (non-hydrogen) atoms. The quantitative estimate of drug-likeness (QED) is 0.260. The first-order valence-corrected chi connectivity index (χ1v) is 10.1. The van der Waals surface area contributed by atoms with Gasteiger partial charge in [-0.1, -0.05) is 78.9 Å². The number of fused-ring (bicyclic) bond motifs is 7. The molecule has 0 spiro atoms. The zero-order valence-corrected chi connectivity index (χ0v) is 15.5. The van der Waals surface area contributed by atoms with Gasteiger partial charge < -0.3 is 0 Å². The average molecular weight is 360 g/mol. The summed E-state index contributed by atoms with van der Waals surface area (Å²) < 4.78 is 1.34. The first-order chi connectivity index (χ1) is 13.4. The van der Waals surface area contributed by atoms with Crippen LogP contribution in [0.4, 0.5) is 0 Å². The fourth-order valence-corrected chi connectivity index (χ4v) is 5.25. The van der Waals surface area contributed by atoms with Gasteiger partial charge in [0.25, 0.3) is 0 Å². The van der Waals surface area contributed by atoms with Gasteiger partial charge in [0.15, 0.2) is 0 Å². The van der Waals surface area contributed by atoms with Crippen molar-refractivity contribution in [3.05, 3.63) is 96.4 Å². The van der Waals surface area contributed by atoms with Crippen molar-refractivity contribution in [2.45, 2.75) is 0 Å². The largest absolute Gasteiger partial charge is 0.143 e. The van der Waals surface area contributed by atoms with Crippen LogP contribution >= 0.6 is 11.3 Å². The molecule has 6 rings (SSSR count). The van der Waals surface area contributed by atoms with E-state index in [1.807, 2.05) is 11.3 Å². The van der Waals surface area contributed by atoms with Gasteiger partial charge in [0.05, 0.1) is 0 Å². The molecular formula is C26H16S. The van der Waals surface area contributed by atoms with Crippen LogP contribution in [0.1, 0.15) is 0 Å². The van der Waals surface area contributed by atoms with E-state index < -0.39 is 0 Å². The molecule has 0 saturated heterocycles. The highest BCUT2D eigenvalue weighted by Crippen LogP contribution is 2.39. The Balaban J connectivity index is 1.76. The summed E-state index contributed by atoms with van der Waals surface area (Å²) in [5.41, 5.74) is 2.62. The van der Waals surface area contributed by atoms with Crippen LogP contribution in [-0.2, 0) is 0 Å². The lowest BCUT2D eigenvalue weighted by Gasteiger charge is -2.11. The van der Waals surface area contributed by atoms with Gasteiger partial charge in [-0.05, 0) is 55.4 Å². The van der Waals surface area contributed by atoms with Crippen molar-refractivity contribution in [2.75, 3.05) is 0 Å². The molecule has 0 N–H and O–H groups in total. The molecule has 0 unspecified atom stereocenters. The molecule has 1 heterocycles. The summed E-state index contributed by atoms with van der Waals surface area (Å²) in [6, 6.07) is 33.1. The molecule has 0 aliphatic carbocycles. The van der Waals surface area contributed by atoms with Crippen LogP contribution in [0, 0.1) is 0 Å². The fourth-order valence-electron chi connectivity index (χ4n) is 4.28. The van der Waals surface area contributed by atoms with Gasteiger partial charge in [-0.3, -0.25) is 0 Å². The van der Waals surface area contributed by atoms with E-state index in [1.54, 1.807) is 0 Å². The maximum Gasteiger partial charge on any atom is 0.0349 e. The SMILES string of the molecule is c1ccc2c(-c3ccc4c5ccccc5c5ccccc5c4c3)csc2c1. The zero-order valence-electron chi connectivity index (χ0n) is 14.6. The van der Waals surface area contributed by atoms with E-state index in [0.717, 1.165) is 0 Å². The molecular weight excluding hydrogens is 344 g/mol. The summed E-state index contributed by atoms with van der Waals surface area (Å²) in [6.07, 6.45) is 0. The predicted octanol–water partition coefficient (Wildman–Crippen LogP) is 8.03. The van der Waals surface area contributed by atoms with Crippen LogP contribution in [0.15, 0.2) is 96.4 Å². The molecule has 6 aromatic rings. The second kappa shape index (κ2) is 5.67. The molecule has 0 aliphatic rings. The Morgan fingerprint density at radius 3 is 1.63 bits per heavy atom. The van der Waals surface area contributed by atoms with Gasteiger partial charge in [-0.2, -0.15) is 0 Å². The molecule has 0 atom stereocenters. The summed E-state index contributed by atoms with van der Waals surface area (Å²) >= 11 is 1.82. The van der Waals surface area contributed by atoms with E-state index >= 15 is 0 Å². The van der Waals surface area contributed by atoms with E-state index in [1.165, 1.54) is 53.5 Å². The maximum absolute atomic E-state index is 2.37. The van der Waals surface area contributed by atoms with Gasteiger partial charge in [0.1, 0.15) is 0 Å². The van der Waals surface area contributed by atoms with Crippen LogP contribution in [0.3, 0.4) is 0 Å². The Morgan fingerprint density at radius 1 is 0.444 bits per heavy atom. The highest BCUT2D eigenvalue weighted by Gasteiger charge is 2.11. The number of benzene rings is 5. The Labute approximate surface area is 161 Å². The zero-order chi connectivity index (χ0) is 17.8. The van der Waals surface area contributed by atoms with Crippen molar-refractivity contribution in [3.8, 4) is 11.1 Å². The Bertz CT molecular complexity index is 1430. The molecule has 1 heteroatoms. The molecule has 1 aromatic heterocycles. The van der Waals surface area contributed by atoms with E-state index in [0.29, 0.717) is 0 Å². The van der Waals surface area contributed by atoms with Crippen molar-refractivity contribution in [2.24, 2.45) is 0 Å². The van der Waals surface area contributed by atoms with Crippen LogP contribution in [-0.4, -0.2) is 0 Å². The van der Waals surface area contributed by atoms with E-state index in [2.05, 4.69) is 96.4 Å². The van der Waals surface area contributed by atoms with Gasteiger partial charge in [-0.15, -0.1) is 11.3 Å². The average Bonchev–Trinajstić information content (AvgIpc) is 3.18. The summed E-state index contributed by atoms with van der Waals surface area (Å²) in [5, 5.41) is 11.6. The third kappa shape index (κ3) is 2.16. The number of hydrogen-bond acceptors (Lipinski definition) is 1. The van der Waals surface area contributed by atoms with Crippen LogP contribution in [0.2, 0.25) is 0 Å². The molecule has 0 radical (unpaired) electrons. The lowest BCUT2D eigenvalue weighted by molar-refractivity contribution is 1.75. The summed E-state index contributed by atoms with van der Waals surface area (Å²) in [6.45, 7) is 0. The summed E-state index contributed by atoms with van der Waals surface area (Å²) in [7, 11) is 0. The molecule has 0 aliphatic heterocycles. The molecule has 0 fully saturated rings. The second-order valence-electron chi connectivity index (χ2n) is 7.00. The normalized spacial score (nSPS) is 11.7. The Kier molecular flexibility index (Phi) is 3.14. The first kappa shape index (κ1) is 15.0. The maximum atomic E-state index is 2.37. The first-order valence-electron chi connectivity index (χ1n) is 9.20. The number of rotatable bonds is 1. The molecule has 0 nitrogen and oxygen atoms in total. The molecule has 0 amide bonds. The predicted molar refractivity (Wildman–Crippen MR) is 120 cm³/mol. The minimum absolute atomic E-state index is 1.29. The van der Waals surface area contributed by atoms with E-state index in [-0.39, 0.29) is 0 Å². The minimum Gasteiger partial charge on any atom is -0.143 e. The highest BCUT2D eigenvalue weighted by molar-refractivity contribution is 7.17. The van der Waals surface area contributed by atoms with Gasteiger partial charge in [0.2, 0.25) is 0 Å². The van der Waals surface area contributed by atoms with Crippen molar-refractivity contribution in [1.82, 2.24) is 0 Å². The van der Waals surface area contributed by atoms with Crippen LogP contribution < -0.4 is 0 Å². The van der Waals surface area contributed by atoms with Crippen molar-refractivity contribution in [1.29, 1.82) is 0 Å². The van der Waals surface area contributed by atoms with Crippen molar-refractivity contribution in [3.63, 3.8) is 0 Å². The third-order valence-corrected chi connectivity index (χ3v) is 6.50. The van der Waals surface area contributed by atoms with E-state index in [4.69, 9.17) is 0 Å². The monoisotopic (exact) mass is 360 g/mol. The lowest BCUT2D eigenvalue weighted by Crippen LogP contribution is -1.84. The van der Waals surface area contributed by atoms with Crippen molar-refractivity contribution >= 4 is 53.7 Å². The smallest absolute Gasteiger partial charge is 0.0349 e. The summed E-state index contributed by atoms with van der Waals surface area (Å²) in [4.78, 5) is 0. The molecule has 0 saturated carbocycles. The standard InChI is InChI=1S/C26H16S/c1-2-9-20-18(7-1)19-8-3-4-10-21(19)24-15-17(13-14-22(20)24)25-16-27-26-12-6-5-11-23(25)26/h1-16H. The third-order valence-electron chi connectivity index (χ3n) is 5.54. The van der Waals surface area contributed by atoms with Crippen LogP contribution in [0.25, 0.3) is 53.5 Å². The summed E-state index contributed by atoms with van der Waals surface area (Å²) in [5.74, 6) is 0. The van der Waals surface area contributed by atoms with Gasteiger partial charge >= 0.3 is 0 Å². The second-order valence-corrected chi connectivity index (χ2v) is 7.91. The van der Waals surface area contributed by atoms with Crippen molar-refractivity contribution < 1.29 is 0 Å². The fraction of sp³-hybridized carbons (Fsp3) is 0. The minimum atomic E-state index is 1.29. The molecule has 126 valence electrons. The Morgan fingerprint density at radius 2 is 0.963 bits per heavy atom. The number of thiophene rings is 1. The van der Waals surface area contributed by atoms with Gasteiger partial charge in [-0.25, -0.2) is 0 Å². The van der Waals surface area contributed by atoms with E-state index in [9.17, 15) is 0 Å². The van der Waals surface area contributed by atoms with Gasteiger partial charge in [0, 0.05) is 15.6 Å². The van der Waals surface area contributed by atoms with Crippen LogP contribution in [0.5, 0.6) is 0 Å². The highest BCUT2D eigenvalue weighted by atomic mass is 32.1. The topological polar surface area (TPSA) is 0 Å². The Hall–Kier alpha value is -3.16. The lowest BCUT2D eigenvalue weighted by atomic mass is 9.92. The molecule has 5 aromatic carbocycles.